The molecular weight excluding hydrogens is 1380 g/mol. The summed E-state index contributed by atoms with van der Waals surface area (Å²) >= 11 is 0. The molecule has 106 heavy (non-hydrogen) atoms. The molecule has 0 aromatic heterocycles. The molecule has 0 bridgehead atoms. The highest BCUT2D eigenvalue weighted by Crippen LogP contribution is 2.45. The Kier molecular flexibility index (Phi) is 75.6. The zero-order chi connectivity index (χ0) is 77.9. The summed E-state index contributed by atoms with van der Waals surface area (Å²) in [5, 5.41) is 10.7. The number of esters is 4. The number of phosphoric acid groups is 2. The smallest absolute Gasteiger partial charge is 0.462 e. The van der Waals surface area contributed by atoms with Crippen LogP contribution in [0.1, 0.15) is 459 Å². The largest absolute Gasteiger partial charge is 0.472 e. The third kappa shape index (κ3) is 77.4. The minimum Gasteiger partial charge on any atom is -0.462 e. The Balaban J connectivity index is 5.23. The maximum atomic E-state index is 13.2. The number of carbonyl (C=O) groups excluding carboxylic acids is 4. The second-order valence-corrected chi connectivity index (χ2v) is 35.1. The number of hydrogen-bond donors (Lipinski definition) is 3. The van der Waals surface area contributed by atoms with Crippen LogP contribution in [0.3, 0.4) is 0 Å². The van der Waals surface area contributed by atoms with Crippen LogP contribution >= 0.6 is 15.6 Å². The lowest BCUT2D eigenvalue weighted by molar-refractivity contribution is -0.161. The fraction of sp³-hybridized carbons (Fsp3) is 0.954. The summed E-state index contributed by atoms with van der Waals surface area (Å²) in [5.74, 6) is 0.322. The van der Waals surface area contributed by atoms with Gasteiger partial charge in [0, 0.05) is 25.7 Å². The molecule has 0 aliphatic carbocycles. The number of aliphatic hydroxyl groups is 1. The van der Waals surface area contributed by atoms with Crippen LogP contribution in [-0.4, -0.2) is 96.7 Å². The van der Waals surface area contributed by atoms with Crippen LogP contribution in [0.15, 0.2) is 0 Å². The van der Waals surface area contributed by atoms with Crippen LogP contribution < -0.4 is 0 Å². The molecular formula is C87H170O17P2. The zero-order valence-corrected chi connectivity index (χ0v) is 71.7. The molecule has 0 rings (SSSR count). The molecule has 0 aromatic carbocycles. The van der Waals surface area contributed by atoms with Crippen molar-refractivity contribution in [2.45, 2.75) is 478 Å². The van der Waals surface area contributed by atoms with Crippen LogP contribution in [0.4, 0.5) is 0 Å². The normalized spacial score (nSPS) is 14.4. The van der Waals surface area contributed by atoms with Crippen LogP contribution in [-0.2, 0) is 65.4 Å². The van der Waals surface area contributed by atoms with Crippen LogP contribution in [0.25, 0.3) is 0 Å². The monoisotopic (exact) mass is 1550 g/mol. The number of unbranched alkanes of at least 4 members (excludes halogenated alkanes) is 51. The Morgan fingerprint density at radius 1 is 0.274 bits per heavy atom. The van der Waals surface area contributed by atoms with E-state index >= 15 is 0 Å². The van der Waals surface area contributed by atoms with Crippen LogP contribution in [0, 0.1) is 17.8 Å². The Hall–Kier alpha value is -1.94. The molecule has 0 saturated heterocycles. The summed E-state index contributed by atoms with van der Waals surface area (Å²) in [4.78, 5) is 73.2. The Bertz CT molecular complexity index is 2050. The molecule has 4 unspecified atom stereocenters. The van der Waals surface area contributed by atoms with E-state index in [0.717, 1.165) is 108 Å². The summed E-state index contributed by atoms with van der Waals surface area (Å²) in [7, 11) is -9.93. The van der Waals surface area contributed by atoms with Gasteiger partial charge >= 0.3 is 39.5 Å². The molecule has 0 heterocycles. The first-order valence-electron chi connectivity index (χ1n) is 44.9. The quantitative estimate of drug-likeness (QED) is 0.0222. The predicted molar refractivity (Wildman–Crippen MR) is 437 cm³/mol. The zero-order valence-electron chi connectivity index (χ0n) is 69.9. The molecule has 630 valence electrons. The molecule has 0 radical (unpaired) electrons. The number of ether oxygens (including phenoxy) is 4. The third-order valence-corrected chi connectivity index (χ3v) is 23.0. The van der Waals surface area contributed by atoms with E-state index in [9.17, 15) is 43.2 Å². The fourth-order valence-electron chi connectivity index (χ4n) is 13.5. The van der Waals surface area contributed by atoms with Gasteiger partial charge in [0.25, 0.3) is 0 Å². The summed E-state index contributed by atoms with van der Waals surface area (Å²) in [6.07, 6.45) is 68.0. The second kappa shape index (κ2) is 77.0. The molecule has 0 amide bonds. The van der Waals surface area contributed by atoms with Gasteiger partial charge in [0.2, 0.25) is 0 Å². The van der Waals surface area contributed by atoms with Crippen molar-refractivity contribution in [1.29, 1.82) is 0 Å². The topological polar surface area (TPSA) is 237 Å². The van der Waals surface area contributed by atoms with E-state index in [1.165, 1.54) is 263 Å². The fourth-order valence-corrected chi connectivity index (χ4v) is 15.1. The number of phosphoric ester groups is 2. The van der Waals surface area contributed by atoms with Gasteiger partial charge in [-0.15, -0.1) is 0 Å². The summed E-state index contributed by atoms with van der Waals surface area (Å²) in [6.45, 7) is 12.1. The minimum atomic E-state index is -4.97. The Morgan fingerprint density at radius 2 is 0.481 bits per heavy atom. The molecule has 0 aromatic rings. The van der Waals surface area contributed by atoms with Crippen molar-refractivity contribution in [3.8, 4) is 0 Å². The lowest BCUT2D eigenvalue weighted by Crippen LogP contribution is -2.30. The molecule has 19 heteroatoms. The van der Waals surface area contributed by atoms with Gasteiger partial charge < -0.3 is 33.8 Å². The van der Waals surface area contributed by atoms with Crippen molar-refractivity contribution < 1.29 is 80.2 Å². The second-order valence-electron chi connectivity index (χ2n) is 32.2. The SMILES string of the molecule is CCCCCCCCCCCCCCCCCCC(=O)O[C@H](COC(=O)CCCCCCCCCC(C)C)COP(=O)(O)OC[C@H](O)COP(=O)(O)OC[C@@H](COC(=O)CCCCCCCCCCCCCCCCC(C)CC)OC(=O)CCCCCCCCCCCCCCCCCCCCC(C)CC. The van der Waals surface area contributed by atoms with Crippen molar-refractivity contribution in [2.75, 3.05) is 39.6 Å². The van der Waals surface area contributed by atoms with E-state index in [1.807, 2.05) is 0 Å². The highest BCUT2D eigenvalue weighted by atomic mass is 31.2. The summed E-state index contributed by atoms with van der Waals surface area (Å²) in [5.41, 5.74) is 0. The van der Waals surface area contributed by atoms with Gasteiger partial charge in [0.1, 0.15) is 19.3 Å². The predicted octanol–water partition coefficient (Wildman–Crippen LogP) is 26.5. The van der Waals surface area contributed by atoms with Crippen LogP contribution in [0.5, 0.6) is 0 Å². The molecule has 3 N–H and O–H groups in total. The van der Waals surface area contributed by atoms with Crippen molar-refractivity contribution in [1.82, 2.24) is 0 Å². The van der Waals surface area contributed by atoms with E-state index in [2.05, 4.69) is 48.5 Å². The van der Waals surface area contributed by atoms with Gasteiger partial charge in [-0.1, -0.05) is 408 Å². The van der Waals surface area contributed by atoms with Crippen molar-refractivity contribution >= 4 is 39.5 Å². The van der Waals surface area contributed by atoms with E-state index in [0.29, 0.717) is 31.6 Å². The van der Waals surface area contributed by atoms with Crippen molar-refractivity contribution in [2.24, 2.45) is 17.8 Å². The third-order valence-electron chi connectivity index (χ3n) is 21.1. The first kappa shape index (κ1) is 104. The standard InChI is InChI=1S/C87H170O17P2/c1-8-11-12-13-14-15-16-17-18-24-31-36-41-48-56-63-71-87(92)104-83(75-98-85(90)69-62-55-50-43-44-51-58-65-78(4)5)77-102-106(95,96)100-73-81(88)72-99-105(93,94)101-76-82(74-97-84(89)68-61-54-47-40-35-30-27-26-29-34-39-46-53-60-67-80(7)10-3)103-86(91)70-64-57-49-42-37-32-25-22-20-19-21-23-28-33-38-45-52-59-66-79(6)9-2/h78-83,88H,8-77H2,1-7H3,(H,93,94)(H,95,96)/t79?,80?,81-,82-,83-/m1/s1. The summed E-state index contributed by atoms with van der Waals surface area (Å²) < 4.78 is 68.9. The van der Waals surface area contributed by atoms with Gasteiger partial charge in [0.05, 0.1) is 26.4 Å². The first-order valence-corrected chi connectivity index (χ1v) is 47.9. The Labute approximate surface area is 651 Å². The van der Waals surface area contributed by atoms with Crippen molar-refractivity contribution in [3.05, 3.63) is 0 Å². The molecule has 0 saturated carbocycles. The van der Waals surface area contributed by atoms with Gasteiger partial charge in [0.15, 0.2) is 12.2 Å². The van der Waals surface area contributed by atoms with Gasteiger partial charge in [-0.05, 0) is 43.4 Å². The van der Waals surface area contributed by atoms with Crippen molar-refractivity contribution in [3.63, 3.8) is 0 Å². The van der Waals surface area contributed by atoms with E-state index in [4.69, 9.17) is 37.0 Å². The number of hydrogen-bond acceptors (Lipinski definition) is 15. The van der Waals surface area contributed by atoms with Gasteiger partial charge in [-0.2, -0.15) is 0 Å². The highest BCUT2D eigenvalue weighted by Gasteiger charge is 2.31. The molecule has 0 aliphatic heterocycles. The van der Waals surface area contributed by atoms with E-state index in [1.54, 1.807) is 0 Å². The average molecular weight is 1550 g/mol. The minimum absolute atomic E-state index is 0.108. The maximum absolute atomic E-state index is 13.2. The molecule has 0 fully saturated rings. The molecule has 0 aliphatic rings. The number of aliphatic hydroxyl groups excluding tert-OH is 1. The van der Waals surface area contributed by atoms with E-state index in [-0.39, 0.29) is 25.7 Å². The van der Waals surface area contributed by atoms with Crippen LogP contribution in [0.2, 0.25) is 0 Å². The number of rotatable bonds is 85. The lowest BCUT2D eigenvalue weighted by atomic mass is 9.99. The molecule has 7 atom stereocenters. The maximum Gasteiger partial charge on any atom is 0.472 e. The highest BCUT2D eigenvalue weighted by molar-refractivity contribution is 7.47. The van der Waals surface area contributed by atoms with E-state index < -0.39 is 97.5 Å². The number of carbonyl (C=O) groups is 4. The lowest BCUT2D eigenvalue weighted by Gasteiger charge is -2.21. The first-order chi connectivity index (χ1) is 51.3. The average Bonchev–Trinajstić information content (AvgIpc) is 0.898. The molecule has 17 nitrogen and oxygen atoms in total. The molecule has 0 spiro atoms. The van der Waals surface area contributed by atoms with Gasteiger partial charge in [-0.25, -0.2) is 9.13 Å². The summed E-state index contributed by atoms with van der Waals surface area (Å²) in [6, 6.07) is 0. The Morgan fingerprint density at radius 3 is 0.717 bits per heavy atom. The van der Waals surface area contributed by atoms with Gasteiger partial charge in [-0.3, -0.25) is 37.3 Å².